The van der Waals surface area contributed by atoms with Gasteiger partial charge >= 0.3 is 0 Å². The molecule has 0 fully saturated rings. The minimum absolute atomic E-state index is 0.0252. The van der Waals surface area contributed by atoms with Crippen LogP contribution in [0.1, 0.15) is 21.6 Å². The van der Waals surface area contributed by atoms with Crippen molar-refractivity contribution >= 4 is 5.91 Å². The number of hydrogen-bond donors (Lipinski definition) is 1. The maximum absolute atomic E-state index is 11.6. The number of pyridine rings is 1. The number of aryl methyl sites for hydroxylation is 2. The molecule has 5 nitrogen and oxygen atoms in total. The van der Waals surface area contributed by atoms with E-state index in [0.717, 1.165) is 28.1 Å². The summed E-state index contributed by atoms with van der Waals surface area (Å²) in [5.74, 6) is -0.0252. The van der Waals surface area contributed by atoms with Crippen LogP contribution in [0.5, 0.6) is 0 Å². The first kappa shape index (κ1) is 10.0. The van der Waals surface area contributed by atoms with Gasteiger partial charge in [0.15, 0.2) is 0 Å². The van der Waals surface area contributed by atoms with E-state index in [9.17, 15) is 4.79 Å². The van der Waals surface area contributed by atoms with Crippen LogP contribution in [0.15, 0.2) is 18.5 Å². The number of nitrogens with one attached hydrogen (secondary N) is 1. The molecule has 17 heavy (non-hydrogen) atoms. The lowest BCUT2D eigenvalue weighted by Crippen LogP contribution is -2.13. The Bertz CT molecular complexity index is 615. The number of amides is 1. The molecule has 0 aromatic carbocycles. The fourth-order valence-electron chi connectivity index (χ4n) is 2.13. The summed E-state index contributed by atoms with van der Waals surface area (Å²) in [6, 6.07) is 1.93. The largest absolute Gasteiger partial charge is 0.346 e. The molecule has 1 N–H and O–H groups in total. The predicted octanol–water partition coefficient (Wildman–Crippen LogP) is 1.03. The van der Waals surface area contributed by atoms with Crippen LogP contribution in [0.2, 0.25) is 0 Å². The van der Waals surface area contributed by atoms with Crippen molar-refractivity contribution in [2.45, 2.75) is 13.5 Å². The Morgan fingerprint density at radius 3 is 3.00 bits per heavy atom. The fraction of sp³-hybridized carbons (Fsp3) is 0.250. The summed E-state index contributed by atoms with van der Waals surface area (Å²) < 4.78 is 1.74. The van der Waals surface area contributed by atoms with E-state index >= 15 is 0 Å². The SMILES string of the molecule is Cc1cc(-c2cnn(C)c2)nc2c1C(=O)NC2. The Hall–Kier alpha value is -2.17. The van der Waals surface area contributed by atoms with Crippen LogP contribution in [-0.2, 0) is 13.6 Å². The Balaban J connectivity index is 2.15. The van der Waals surface area contributed by atoms with E-state index in [1.54, 1.807) is 10.9 Å². The second-order valence-electron chi connectivity index (χ2n) is 4.23. The van der Waals surface area contributed by atoms with Gasteiger partial charge in [0.25, 0.3) is 5.91 Å². The normalized spacial score (nSPS) is 13.6. The molecule has 0 radical (unpaired) electrons. The van der Waals surface area contributed by atoms with Crippen molar-refractivity contribution in [3.05, 3.63) is 35.3 Å². The summed E-state index contributed by atoms with van der Waals surface area (Å²) >= 11 is 0. The molecule has 0 aliphatic carbocycles. The Morgan fingerprint density at radius 2 is 2.29 bits per heavy atom. The number of carbonyl (C=O) groups excluding carboxylic acids is 1. The van der Waals surface area contributed by atoms with Gasteiger partial charge in [0.1, 0.15) is 0 Å². The van der Waals surface area contributed by atoms with E-state index < -0.39 is 0 Å². The zero-order valence-corrected chi connectivity index (χ0v) is 9.69. The maximum atomic E-state index is 11.6. The molecule has 0 bridgehead atoms. The summed E-state index contributed by atoms with van der Waals surface area (Å²) in [4.78, 5) is 16.1. The molecule has 3 heterocycles. The maximum Gasteiger partial charge on any atom is 0.253 e. The lowest BCUT2D eigenvalue weighted by atomic mass is 10.1. The van der Waals surface area contributed by atoms with Gasteiger partial charge in [-0.2, -0.15) is 5.10 Å². The first-order valence-corrected chi connectivity index (χ1v) is 5.43. The first-order chi connectivity index (χ1) is 8.15. The topological polar surface area (TPSA) is 59.8 Å². The standard InChI is InChI=1S/C12H12N4O/c1-7-3-9(8-4-14-16(2)6-8)15-10-5-13-12(17)11(7)10/h3-4,6H,5H2,1-2H3,(H,13,17). The third kappa shape index (κ3) is 1.51. The van der Waals surface area contributed by atoms with E-state index in [2.05, 4.69) is 15.4 Å². The minimum Gasteiger partial charge on any atom is -0.346 e. The van der Waals surface area contributed by atoms with Gasteiger partial charge in [-0.1, -0.05) is 0 Å². The molecule has 1 aliphatic heterocycles. The molecule has 86 valence electrons. The van der Waals surface area contributed by atoms with Crippen LogP contribution >= 0.6 is 0 Å². The lowest BCUT2D eigenvalue weighted by molar-refractivity contribution is 0.0965. The van der Waals surface area contributed by atoms with E-state index in [4.69, 9.17) is 0 Å². The second kappa shape index (κ2) is 3.41. The molecular weight excluding hydrogens is 216 g/mol. The quantitative estimate of drug-likeness (QED) is 0.793. The summed E-state index contributed by atoms with van der Waals surface area (Å²) in [5.41, 5.74) is 4.35. The molecule has 5 heteroatoms. The molecule has 3 rings (SSSR count). The van der Waals surface area contributed by atoms with Crippen molar-refractivity contribution in [2.75, 3.05) is 0 Å². The van der Waals surface area contributed by atoms with E-state index in [1.807, 2.05) is 26.2 Å². The molecule has 0 saturated carbocycles. The molecular formula is C12H12N4O. The third-order valence-corrected chi connectivity index (χ3v) is 2.94. The minimum atomic E-state index is -0.0252. The number of carbonyl (C=O) groups is 1. The van der Waals surface area contributed by atoms with Crippen LogP contribution < -0.4 is 5.32 Å². The zero-order chi connectivity index (χ0) is 12.0. The summed E-state index contributed by atoms with van der Waals surface area (Å²) in [5, 5.41) is 6.91. The average Bonchev–Trinajstić information content (AvgIpc) is 2.86. The van der Waals surface area contributed by atoms with Crippen LogP contribution in [0.25, 0.3) is 11.3 Å². The van der Waals surface area contributed by atoms with Crippen molar-refractivity contribution in [2.24, 2.45) is 7.05 Å². The molecule has 1 aliphatic rings. The van der Waals surface area contributed by atoms with E-state index in [-0.39, 0.29) is 5.91 Å². The van der Waals surface area contributed by atoms with Crippen molar-refractivity contribution in [1.29, 1.82) is 0 Å². The molecule has 0 atom stereocenters. The van der Waals surface area contributed by atoms with Gasteiger partial charge in [-0.25, -0.2) is 4.98 Å². The highest BCUT2D eigenvalue weighted by atomic mass is 16.1. The second-order valence-corrected chi connectivity index (χ2v) is 4.23. The smallest absolute Gasteiger partial charge is 0.253 e. The van der Waals surface area contributed by atoms with Crippen molar-refractivity contribution < 1.29 is 4.79 Å². The van der Waals surface area contributed by atoms with Gasteiger partial charge < -0.3 is 5.32 Å². The number of aromatic nitrogens is 3. The highest BCUT2D eigenvalue weighted by Gasteiger charge is 2.23. The van der Waals surface area contributed by atoms with Crippen molar-refractivity contribution in [3.8, 4) is 11.3 Å². The summed E-state index contributed by atoms with van der Waals surface area (Å²) in [6.45, 7) is 2.45. The lowest BCUT2D eigenvalue weighted by Gasteiger charge is -2.04. The van der Waals surface area contributed by atoms with Crippen molar-refractivity contribution in [3.63, 3.8) is 0 Å². The van der Waals surface area contributed by atoms with Gasteiger partial charge in [-0.15, -0.1) is 0 Å². The first-order valence-electron chi connectivity index (χ1n) is 5.43. The number of nitrogens with zero attached hydrogens (tertiary/aromatic N) is 3. The van der Waals surface area contributed by atoms with Gasteiger partial charge in [0.2, 0.25) is 0 Å². The number of rotatable bonds is 1. The van der Waals surface area contributed by atoms with E-state index in [1.165, 1.54) is 0 Å². The number of fused-ring (bicyclic) bond motifs is 1. The van der Waals surface area contributed by atoms with Crippen molar-refractivity contribution in [1.82, 2.24) is 20.1 Å². The molecule has 0 unspecified atom stereocenters. The van der Waals surface area contributed by atoms with Gasteiger partial charge in [0.05, 0.1) is 29.7 Å². The Morgan fingerprint density at radius 1 is 1.47 bits per heavy atom. The predicted molar refractivity (Wildman–Crippen MR) is 62.3 cm³/mol. The van der Waals surface area contributed by atoms with Crippen LogP contribution in [0, 0.1) is 6.92 Å². The molecule has 1 amide bonds. The Kier molecular flexibility index (Phi) is 2.01. The molecule has 0 saturated heterocycles. The van der Waals surface area contributed by atoms with Gasteiger partial charge in [-0.3, -0.25) is 9.48 Å². The molecule has 0 spiro atoms. The monoisotopic (exact) mass is 228 g/mol. The number of hydrogen-bond acceptors (Lipinski definition) is 3. The van der Waals surface area contributed by atoms with E-state index in [0.29, 0.717) is 6.54 Å². The highest BCUT2D eigenvalue weighted by molar-refractivity contribution is 5.99. The third-order valence-electron chi connectivity index (χ3n) is 2.94. The Labute approximate surface area is 98.5 Å². The fourth-order valence-corrected chi connectivity index (χ4v) is 2.13. The zero-order valence-electron chi connectivity index (χ0n) is 9.69. The molecule has 2 aromatic heterocycles. The average molecular weight is 228 g/mol. The summed E-state index contributed by atoms with van der Waals surface area (Å²) in [6.07, 6.45) is 3.69. The van der Waals surface area contributed by atoms with Crippen LogP contribution in [-0.4, -0.2) is 20.7 Å². The molecule has 2 aromatic rings. The highest BCUT2D eigenvalue weighted by Crippen LogP contribution is 2.24. The van der Waals surface area contributed by atoms with Crippen LogP contribution in [0.3, 0.4) is 0 Å². The van der Waals surface area contributed by atoms with Crippen LogP contribution in [0.4, 0.5) is 0 Å². The summed E-state index contributed by atoms with van der Waals surface area (Å²) in [7, 11) is 1.87. The van der Waals surface area contributed by atoms with Gasteiger partial charge in [0, 0.05) is 18.8 Å². The van der Waals surface area contributed by atoms with Gasteiger partial charge in [-0.05, 0) is 18.6 Å².